The Kier molecular flexibility index (Phi) is 8.55. The van der Waals surface area contributed by atoms with Crippen molar-refractivity contribution in [3.05, 3.63) is 70.0 Å². The quantitative estimate of drug-likeness (QED) is 0.467. The van der Waals surface area contributed by atoms with Gasteiger partial charge in [0.15, 0.2) is 0 Å². The largest absolute Gasteiger partial charge is 0.375 e. The molecule has 1 aromatic carbocycles. The van der Waals surface area contributed by atoms with Crippen LogP contribution < -0.4 is 20.7 Å². The summed E-state index contributed by atoms with van der Waals surface area (Å²) in [6, 6.07) is 7.41. The van der Waals surface area contributed by atoms with Gasteiger partial charge >= 0.3 is 0 Å². The number of amides is 1. The molecule has 42 heavy (non-hydrogen) atoms. The number of pyridine rings is 2. The van der Waals surface area contributed by atoms with Gasteiger partial charge in [0, 0.05) is 81.0 Å². The molecule has 3 aromatic rings. The summed E-state index contributed by atoms with van der Waals surface area (Å²) < 4.78 is 50.0. The molecule has 0 bridgehead atoms. The summed E-state index contributed by atoms with van der Waals surface area (Å²) in [5.41, 5.74) is -0.220. The Bertz CT molecular complexity index is 1510. The van der Waals surface area contributed by atoms with Crippen molar-refractivity contribution in [1.82, 2.24) is 14.5 Å². The molecule has 2 fully saturated rings. The fourth-order valence-corrected chi connectivity index (χ4v) is 5.38. The number of ether oxygens (including phenoxy) is 1. The summed E-state index contributed by atoms with van der Waals surface area (Å²) in [6.45, 7) is 7.92. The number of morpholine rings is 1. The number of carbonyl (C=O) groups is 1. The Morgan fingerprint density at radius 2 is 1.86 bits per heavy atom. The van der Waals surface area contributed by atoms with Crippen LogP contribution in [0, 0.1) is 5.82 Å². The number of hydrogen-bond acceptors (Lipinski definition) is 7. The van der Waals surface area contributed by atoms with Gasteiger partial charge in [-0.3, -0.25) is 9.59 Å². The lowest BCUT2D eigenvalue weighted by molar-refractivity contribution is 0.0529. The highest BCUT2D eigenvalue weighted by atomic mass is 19.3. The number of aryl methyl sites for hydroxylation is 1. The number of nitrogens with zero attached hydrogens (tertiary/aromatic N) is 5. The Balaban J connectivity index is 1.53. The predicted molar refractivity (Wildman–Crippen MR) is 156 cm³/mol. The van der Waals surface area contributed by atoms with Crippen LogP contribution in [0.4, 0.5) is 30.4 Å². The van der Waals surface area contributed by atoms with E-state index in [0.717, 1.165) is 29.2 Å². The van der Waals surface area contributed by atoms with Gasteiger partial charge in [-0.15, -0.1) is 0 Å². The molecular formula is C30H35F3N6O3. The molecule has 0 aliphatic carbocycles. The molecular weight excluding hydrogens is 549 g/mol. The van der Waals surface area contributed by atoms with Crippen LogP contribution in [-0.2, 0) is 11.8 Å². The minimum absolute atomic E-state index is 0.0753. The van der Waals surface area contributed by atoms with Gasteiger partial charge in [0.05, 0.1) is 29.6 Å². The Hall–Kier alpha value is -3.90. The minimum atomic E-state index is -3.03. The summed E-state index contributed by atoms with van der Waals surface area (Å²) in [7, 11) is 3.39. The van der Waals surface area contributed by atoms with E-state index in [1.807, 2.05) is 24.9 Å². The number of hydrogen-bond donors (Lipinski definition) is 1. The molecule has 9 nitrogen and oxygen atoms in total. The molecule has 2 unspecified atom stereocenters. The number of benzene rings is 1. The molecule has 0 saturated carbocycles. The number of carbonyl (C=O) groups excluding carboxylic acids is 1. The number of anilines is 3. The highest BCUT2D eigenvalue weighted by molar-refractivity contribution is 6.07. The fraction of sp³-hybridized carbons (Fsp3) is 0.433. The van der Waals surface area contributed by atoms with E-state index in [2.05, 4.69) is 27.0 Å². The average molecular weight is 585 g/mol. The van der Waals surface area contributed by atoms with Gasteiger partial charge in [-0.1, -0.05) is 0 Å². The number of nitrogens with one attached hydrogen (secondary N) is 1. The Morgan fingerprint density at radius 3 is 2.52 bits per heavy atom. The van der Waals surface area contributed by atoms with Crippen LogP contribution in [-0.4, -0.2) is 78.9 Å². The number of piperazine rings is 1. The van der Waals surface area contributed by atoms with Crippen LogP contribution >= 0.6 is 0 Å². The monoisotopic (exact) mass is 584 g/mol. The van der Waals surface area contributed by atoms with Crippen molar-refractivity contribution in [2.75, 3.05) is 61.5 Å². The molecule has 5 rings (SSSR count). The highest BCUT2D eigenvalue weighted by Crippen LogP contribution is 2.36. The SMILES string of the molecule is CC1CN(c2ccc(-c3cc(NC(=O)c4cn(C)c(=O)cc4C(F)F)c(N4CCN(C)C(C)C4)cc3F)cn2)CCO1. The lowest BCUT2D eigenvalue weighted by atomic mass is 10.0. The van der Waals surface area contributed by atoms with E-state index in [-0.39, 0.29) is 29.0 Å². The van der Waals surface area contributed by atoms with Crippen molar-refractivity contribution in [2.24, 2.45) is 7.05 Å². The van der Waals surface area contributed by atoms with Gasteiger partial charge in [-0.2, -0.15) is 0 Å². The zero-order valence-corrected chi connectivity index (χ0v) is 24.1. The van der Waals surface area contributed by atoms with Crippen molar-refractivity contribution < 1.29 is 22.7 Å². The first-order valence-electron chi connectivity index (χ1n) is 13.9. The van der Waals surface area contributed by atoms with Crippen LogP contribution in [0.3, 0.4) is 0 Å². The third-order valence-corrected chi connectivity index (χ3v) is 8.00. The molecule has 2 aliphatic heterocycles. The molecule has 2 atom stereocenters. The number of rotatable bonds is 6. The van der Waals surface area contributed by atoms with Crippen LogP contribution in [0.2, 0.25) is 0 Å². The van der Waals surface area contributed by atoms with E-state index in [1.165, 1.54) is 19.2 Å². The molecule has 2 aliphatic rings. The second-order valence-electron chi connectivity index (χ2n) is 11.0. The van der Waals surface area contributed by atoms with E-state index in [0.29, 0.717) is 44.0 Å². The predicted octanol–water partition coefficient (Wildman–Crippen LogP) is 4.14. The standard InChI is InChI=1S/C30H35F3N6O3/c1-18-15-38(8-7-36(18)3)26-13-24(31)21(20-5-6-27(34-14-20)39-9-10-42-19(2)16-39)11-25(26)35-30(41)23-17-37(4)28(40)12-22(23)29(32)33/h5-6,11-14,17-19,29H,7-10,15-16H2,1-4H3,(H,35,41). The topological polar surface area (TPSA) is 82.9 Å². The van der Waals surface area contributed by atoms with Gasteiger partial charge < -0.3 is 29.3 Å². The maximum absolute atomic E-state index is 15.7. The maximum atomic E-state index is 15.7. The minimum Gasteiger partial charge on any atom is -0.375 e. The number of halogens is 3. The third-order valence-electron chi connectivity index (χ3n) is 8.00. The average Bonchev–Trinajstić information content (AvgIpc) is 2.96. The molecule has 224 valence electrons. The smallest absolute Gasteiger partial charge is 0.264 e. The maximum Gasteiger partial charge on any atom is 0.264 e. The zero-order valence-electron chi connectivity index (χ0n) is 24.1. The first kappa shape index (κ1) is 29.6. The van der Waals surface area contributed by atoms with E-state index >= 15 is 4.39 Å². The zero-order chi connectivity index (χ0) is 30.1. The van der Waals surface area contributed by atoms with Crippen molar-refractivity contribution in [3.63, 3.8) is 0 Å². The molecule has 2 saturated heterocycles. The number of alkyl halides is 2. The normalized spacial score (nSPS) is 19.8. The van der Waals surface area contributed by atoms with Gasteiger partial charge in [0.25, 0.3) is 17.9 Å². The van der Waals surface area contributed by atoms with E-state index in [1.54, 1.807) is 12.3 Å². The van der Waals surface area contributed by atoms with Gasteiger partial charge in [0.2, 0.25) is 0 Å². The second-order valence-corrected chi connectivity index (χ2v) is 11.0. The molecule has 0 spiro atoms. The lowest BCUT2D eigenvalue weighted by Gasteiger charge is -2.39. The molecule has 1 amide bonds. The summed E-state index contributed by atoms with van der Waals surface area (Å²) in [6.07, 6.45) is -0.276. The van der Waals surface area contributed by atoms with E-state index in [9.17, 15) is 18.4 Å². The second kappa shape index (κ2) is 12.1. The van der Waals surface area contributed by atoms with E-state index < -0.39 is 29.3 Å². The van der Waals surface area contributed by atoms with Crippen LogP contribution in [0.1, 0.15) is 36.2 Å². The Morgan fingerprint density at radius 1 is 1.07 bits per heavy atom. The van der Waals surface area contributed by atoms with Gasteiger partial charge in [-0.25, -0.2) is 18.2 Å². The summed E-state index contributed by atoms with van der Waals surface area (Å²) >= 11 is 0. The van der Waals surface area contributed by atoms with Gasteiger partial charge in [0.1, 0.15) is 11.6 Å². The molecule has 1 N–H and O–H groups in total. The van der Waals surface area contributed by atoms with Crippen LogP contribution in [0.15, 0.2) is 47.5 Å². The van der Waals surface area contributed by atoms with Crippen LogP contribution in [0.5, 0.6) is 0 Å². The first-order valence-corrected chi connectivity index (χ1v) is 13.9. The van der Waals surface area contributed by atoms with Crippen molar-refractivity contribution in [3.8, 4) is 11.1 Å². The van der Waals surface area contributed by atoms with E-state index in [4.69, 9.17) is 4.74 Å². The molecule has 2 aromatic heterocycles. The first-order chi connectivity index (χ1) is 20.0. The summed E-state index contributed by atoms with van der Waals surface area (Å²) in [5, 5.41) is 2.75. The van der Waals surface area contributed by atoms with Crippen LogP contribution in [0.25, 0.3) is 11.1 Å². The summed E-state index contributed by atoms with van der Waals surface area (Å²) in [5.74, 6) is -0.573. The lowest BCUT2D eigenvalue weighted by Crippen LogP contribution is -2.50. The Labute approximate surface area is 242 Å². The van der Waals surface area contributed by atoms with Gasteiger partial charge in [-0.05, 0) is 45.2 Å². The van der Waals surface area contributed by atoms with Crippen molar-refractivity contribution in [2.45, 2.75) is 32.4 Å². The fourth-order valence-electron chi connectivity index (χ4n) is 5.38. The summed E-state index contributed by atoms with van der Waals surface area (Å²) in [4.78, 5) is 36.2. The van der Waals surface area contributed by atoms with Crippen molar-refractivity contribution >= 4 is 23.1 Å². The number of likely N-dealkylation sites (N-methyl/N-ethyl adjacent to an activating group) is 1. The highest BCUT2D eigenvalue weighted by Gasteiger charge is 2.27. The molecule has 0 radical (unpaired) electrons. The molecule has 12 heteroatoms. The third kappa shape index (κ3) is 6.14. The number of aromatic nitrogens is 2. The molecule has 4 heterocycles. The van der Waals surface area contributed by atoms with Crippen molar-refractivity contribution in [1.29, 1.82) is 0 Å².